The molecule has 30 nitrogen and oxygen atoms in total. The van der Waals surface area contributed by atoms with Gasteiger partial charge in [-0.15, -0.1) is 0 Å². The lowest BCUT2D eigenvalue weighted by atomic mass is 9.79. The Morgan fingerprint density at radius 2 is 1.42 bits per heavy atom. The van der Waals surface area contributed by atoms with Crippen LogP contribution in [0.1, 0.15) is 33.1 Å². The van der Waals surface area contributed by atoms with Crippen molar-refractivity contribution in [3.05, 3.63) is 0 Å². The fraction of sp³-hybridized carbons (Fsp3) is 0.902. The van der Waals surface area contributed by atoms with Gasteiger partial charge in [0.25, 0.3) is 5.79 Å². The molecule has 0 aromatic rings. The maximum atomic E-state index is 13.1. The molecule has 0 radical (unpaired) electrons. The first-order valence-corrected chi connectivity index (χ1v) is 23.4. The van der Waals surface area contributed by atoms with Crippen molar-refractivity contribution in [1.82, 2.24) is 20.4 Å². The second kappa shape index (κ2) is 23.2. The van der Waals surface area contributed by atoms with Crippen LogP contribution in [0.15, 0.2) is 9.98 Å². The number of nitrogens with zero attached hydrogens (tertiary/aromatic N) is 4. The lowest BCUT2D eigenvalue weighted by molar-refractivity contribution is -0.421. The van der Waals surface area contributed by atoms with E-state index in [0.29, 0.717) is 0 Å². The molecule has 0 spiro atoms. The first kappa shape index (κ1) is 57.1. The van der Waals surface area contributed by atoms with Crippen LogP contribution >= 0.6 is 0 Å². The number of aliphatic hydroxyl groups excluding tert-OH is 9. The van der Waals surface area contributed by atoms with Gasteiger partial charge in [-0.05, 0) is 48.0 Å². The van der Waals surface area contributed by atoms with Crippen molar-refractivity contribution >= 4 is 23.6 Å². The molecule has 1 amide bonds. The van der Waals surface area contributed by atoms with Crippen molar-refractivity contribution in [1.29, 1.82) is 0 Å². The fourth-order valence-corrected chi connectivity index (χ4v) is 10.4. The van der Waals surface area contributed by atoms with Crippen molar-refractivity contribution in [2.45, 2.75) is 179 Å². The van der Waals surface area contributed by atoms with Crippen molar-refractivity contribution in [2.24, 2.45) is 32.9 Å². The number of rotatable bonds is 18. The van der Waals surface area contributed by atoms with Gasteiger partial charge >= 0.3 is 0 Å². The Morgan fingerprint density at radius 1 is 0.775 bits per heavy atom. The highest BCUT2D eigenvalue weighted by atomic mass is 16.8. The second-order valence-corrected chi connectivity index (χ2v) is 19.2. The highest BCUT2D eigenvalue weighted by molar-refractivity contribution is 5.87. The first-order chi connectivity index (χ1) is 33.3. The molecule has 21 N–H and O–H groups in total. The molecule has 6 rings (SSSR count). The van der Waals surface area contributed by atoms with Crippen molar-refractivity contribution in [3.8, 4) is 0 Å². The standard InChI is InChI=1S/C41H74N10O20/c1-14-11-17(54)41(64)37(65-14)69-33-29(61)22(26(58)20(46-3)32(33)71-41)50(4)9-6-7-18(55)47-8-10-51(5)23-28(60)24(56)16(12-52)67-35(23)70-34-36(66-15(2)40(34,63)13-53)68-31-21(49-39(44)45)25(57)19(48-38(42)43)27(59)30(31)62/h14-16,19-37,46,52-53,56-64H,6-13H2,1-5H3,(H,47,55)(H4,42,43,48)(H4,44,45,49)/t14-,15+,16?,19?,20+,21+,22-,23?,24+,25?,26-,27+,28-,29+,30?,31+,32-,33-,34?,35+,36+,37+,40+,41+/m1/s1. The number of likely N-dealkylation sites (N-methyl/N-ethyl adjacent to an activating group) is 3. The number of hydrogen-bond donors (Lipinski definition) is 17. The smallest absolute Gasteiger partial charge is 0.280 e. The van der Waals surface area contributed by atoms with Crippen LogP contribution < -0.4 is 33.6 Å². The Labute approximate surface area is 408 Å². The molecule has 2 saturated carbocycles. The number of fused-ring (bicyclic) bond motifs is 2. The van der Waals surface area contributed by atoms with E-state index >= 15 is 0 Å². The monoisotopic (exact) mass is 1030 g/mol. The van der Waals surface area contributed by atoms with Crippen LogP contribution in [0.3, 0.4) is 0 Å². The lowest BCUT2D eigenvalue weighted by Crippen LogP contribution is -2.77. The molecule has 408 valence electrons. The summed E-state index contributed by atoms with van der Waals surface area (Å²) in [5, 5.41) is 128. The highest BCUT2D eigenvalue weighted by Gasteiger charge is 2.65. The van der Waals surface area contributed by atoms with Gasteiger partial charge in [-0.25, -0.2) is 9.98 Å². The van der Waals surface area contributed by atoms with E-state index in [4.69, 9.17) is 56.1 Å². The summed E-state index contributed by atoms with van der Waals surface area (Å²) >= 11 is 0. The van der Waals surface area contributed by atoms with E-state index in [1.165, 1.54) is 18.9 Å². The number of guanidine groups is 2. The molecule has 6 fully saturated rings. The zero-order valence-electron chi connectivity index (χ0n) is 40.1. The molecule has 6 aliphatic rings. The molecule has 4 heterocycles. The molecule has 24 atom stereocenters. The molecule has 0 aromatic carbocycles. The van der Waals surface area contributed by atoms with E-state index in [9.17, 15) is 65.8 Å². The number of nitrogens with two attached hydrogens (primary N) is 4. The van der Waals surface area contributed by atoms with Crippen LogP contribution in [-0.4, -0.2) is 289 Å². The topological polar surface area (TPSA) is 481 Å². The Hall–Kier alpha value is -3.16. The molecule has 0 aromatic heterocycles. The van der Waals surface area contributed by atoms with E-state index in [-0.39, 0.29) is 38.9 Å². The SMILES string of the molecule is CN[C@H]1[C@@H](O)[C@@H](N(C)CCCC(=O)NCCN(C)C2[C@H](OC3[C@H](O[C@@H]4C(O)[C@@H](O)C(N=C(N)N)C(O)[C@@H]4N=C(N)N)O[C@@H](C)[C@@]3(O)CO)OC(CO)[C@H](O)[C@@H]2O)[C@H](O)[C@H]2O[C@@H]3O[C@H](C)CC(=O)[C@]3(O)O[C@H]12. The van der Waals surface area contributed by atoms with Gasteiger partial charge < -0.3 is 123 Å². The largest absolute Gasteiger partial charge is 0.394 e. The predicted octanol–water partition coefficient (Wildman–Crippen LogP) is -11.0. The fourth-order valence-electron chi connectivity index (χ4n) is 10.4. The zero-order valence-corrected chi connectivity index (χ0v) is 40.1. The Bertz CT molecular complexity index is 1880. The predicted molar refractivity (Wildman–Crippen MR) is 240 cm³/mol. The number of Topliss-reactive ketones (excluding diaryl/α,β-unsaturated/α-hetero) is 1. The van der Waals surface area contributed by atoms with Crippen LogP contribution in [-0.2, 0) is 42.7 Å². The van der Waals surface area contributed by atoms with Gasteiger partial charge in [-0.3, -0.25) is 19.4 Å². The Balaban J connectivity index is 1.09. The number of ether oxygens (including phenoxy) is 7. The second-order valence-electron chi connectivity index (χ2n) is 19.2. The number of carbonyl (C=O) groups is 2. The number of hydrogen-bond acceptors (Lipinski definition) is 25. The van der Waals surface area contributed by atoms with Gasteiger partial charge in [0, 0.05) is 25.9 Å². The molecule has 30 heteroatoms. The maximum absolute atomic E-state index is 13.1. The Kier molecular flexibility index (Phi) is 18.6. The number of ketones is 1. The third-order valence-corrected chi connectivity index (χ3v) is 14.4. The van der Waals surface area contributed by atoms with E-state index in [0.717, 1.165) is 0 Å². The first-order valence-electron chi connectivity index (χ1n) is 23.4. The zero-order chi connectivity index (χ0) is 52.6. The van der Waals surface area contributed by atoms with Crippen molar-refractivity contribution < 1.29 is 98.9 Å². The third-order valence-electron chi connectivity index (χ3n) is 14.4. The summed E-state index contributed by atoms with van der Waals surface area (Å²) in [5.74, 6) is -4.58. The quantitative estimate of drug-likeness (QED) is 0.0448. The van der Waals surface area contributed by atoms with Crippen molar-refractivity contribution in [3.63, 3.8) is 0 Å². The summed E-state index contributed by atoms with van der Waals surface area (Å²) in [6.07, 6.45) is -25.5. The summed E-state index contributed by atoms with van der Waals surface area (Å²) in [6.45, 7) is 1.32. The van der Waals surface area contributed by atoms with Gasteiger partial charge in [-0.1, -0.05) is 0 Å². The summed E-state index contributed by atoms with van der Waals surface area (Å²) in [7, 11) is 4.69. The van der Waals surface area contributed by atoms with Crippen LogP contribution in [0, 0.1) is 0 Å². The average Bonchev–Trinajstić information content (AvgIpc) is 3.53. The van der Waals surface area contributed by atoms with Gasteiger partial charge in [-0.2, -0.15) is 0 Å². The van der Waals surface area contributed by atoms with Crippen molar-refractivity contribution in [2.75, 3.05) is 54.0 Å². The van der Waals surface area contributed by atoms with E-state index in [1.54, 1.807) is 25.9 Å². The molecular weight excluding hydrogens is 953 g/mol. The van der Waals surface area contributed by atoms with Crippen LogP contribution in [0.25, 0.3) is 0 Å². The van der Waals surface area contributed by atoms with Gasteiger partial charge in [0.1, 0.15) is 84.8 Å². The molecule has 71 heavy (non-hydrogen) atoms. The Morgan fingerprint density at radius 3 is 2.04 bits per heavy atom. The molecule has 0 bridgehead atoms. The lowest BCUT2D eigenvalue weighted by Gasteiger charge is -2.56. The minimum atomic E-state index is -2.42. The molecule has 4 saturated heterocycles. The van der Waals surface area contributed by atoms with Gasteiger partial charge in [0.15, 0.2) is 30.3 Å². The van der Waals surface area contributed by atoms with E-state index < -0.39 is 183 Å². The van der Waals surface area contributed by atoms with Crippen LogP contribution in [0.4, 0.5) is 0 Å². The average molecular weight is 1030 g/mol. The summed E-state index contributed by atoms with van der Waals surface area (Å²) in [6, 6.07) is -6.26. The third kappa shape index (κ3) is 11.4. The van der Waals surface area contributed by atoms with Gasteiger partial charge in [0.05, 0.1) is 49.7 Å². The molecule has 2 aliphatic carbocycles. The minimum absolute atomic E-state index is 0.0153. The van der Waals surface area contributed by atoms with Gasteiger partial charge in [0.2, 0.25) is 12.2 Å². The highest BCUT2D eigenvalue weighted by Crippen LogP contribution is 2.42. The van der Waals surface area contributed by atoms with E-state index in [2.05, 4.69) is 20.6 Å². The number of nitrogens with one attached hydrogen (secondary N) is 2. The number of amides is 1. The normalized spacial score (nSPS) is 45.8. The minimum Gasteiger partial charge on any atom is -0.394 e. The van der Waals surface area contributed by atoms with E-state index in [1.807, 2.05) is 0 Å². The number of aliphatic hydroxyl groups is 11. The molecule has 6 unspecified atom stereocenters. The summed E-state index contributed by atoms with van der Waals surface area (Å²) in [5.41, 5.74) is 19.9. The van der Waals surface area contributed by atoms with Crippen LogP contribution in [0.2, 0.25) is 0 Å². The maximum Gasteiger partial charge on any atom is 0.280 e. The molecular formula is C41H74N10O20. The molecule has 4 aliphatic heterocycles. The number of aliphatic imine (C=N–C) groups is 2. The number of carbonyl (C=O) groups excluding carboxylic acids is 2. The summed E-state index contributed by atoms with van der Waals surface area (Å²) < 4.78 is 41.6. The summed E-state index contributed by atoms with van der Waals surface area (Å²) in [4.78, 5) is 36.8. The van der Waals surface area contributed by atoms with Crippen LogP contribution in [0.5, 0.6) is 0 Å².